The van der Waals surface area contributed by atoms with Gasteiger partial charge in [0.2, 0.25) is 0 Å². The van der Waals surface area contributed by atoms with Gasteiger partial charge in [-0.25, -0.2) is 10.2 Å². The van der Waals surface area contributed by atoms with Gasteiger partial charge < -0.3 is 5.11 Å². The Kier molecular flexibility index (Phi) is 4.22. The molecule has 1 rings (SSSR count). The van der Waals surface area contributed by atoms with Crippen molar-refractivity contribution in [2.45, 2.75) is 13.3 Å². The summed E-state index contributed by atoms with van der Waals surface area (Å²) in [4.78, 5) is 10.3. The predicted octanol–water partition coefficient (Wildman–Crippen LogP) is 1.91. The molecule has 0 unspecified atom stereocenters. The van der Waals surface area contributed by atoms with Crippen LogP contribution in [-0.2, 0) is 6.42 Å². The van der Waals surface area contributed by atoms with Gasteiger partial charge in [-0.1, -0.05) is 36.4 Å². The van der Waals surface area contributed by atoms with E-state index in [1.807, 2.05) is 43.3 Å². The van der Waals surface area contributed by atoms with Crippen molar-refractivity contribution in [3.63, 3.8) is 0 Å². The molecule has 1 aromatic carbocycles. The molecule has 0 bridgehead atoms. The molecule has 3 N–H and O–H groups in total. The van der Waals surface area contributed by atoms with Crippen molar-refractivity contribution in [2.24, 2.45) is 0 Å². The first-order valence-electron chi connectivity index (χ1n) is 4.66. The van der Waals surface area contributed by atoms with Crippen LogP contribution in [0.15, 0.2) is 42.1 Å². The zero-order valence-corrected chi connectivity index (χ0v) is 8.53. The molecular formula is C11H14N2O2. The zero-order valence-electron chi connectivity index (χ0n) is 8.53. The molecule has 0 saturated heterocycles. The standard InChI is InChI=1S/C11H14N2O2/c1-2-10(12-13-11(14)15)8-9-6-4-3-5-7-9/h2-7,12-13H,8H2,1H3,(H,14,15). The van der Waals surface area contributed by atoms with Gasteiger partial charge in [0.15, 0.2) is 0 Å². The summed E-state index contributed by atoms with van der Waals surface area (Å²) >= 11 is 0. The van der Waals surface area contributed by atoms with Gasteiger partial charge >= 0.3 is 6.09 Å². The van der Waals surface area contributed by atoms with Gasteiger partial charge in [-0.15, -0.1) is 0 Å². The molecule has 1 amide bonds. The van der Waals surface area contributed by atoms with Gasteiger partial charge in [-0.05, 0) is 12.5 Å². The van der Waals surface area contributed by atoms with Gasteiger partial charge in [0.05, 0.1) is 0 Å². The van der Waals surface area contributed by atoms with Gasteiger partial charge in [0.1, 0.15) is 0 Å². The van der Waals surface area contributed by atoms with Crippen LogP contribution in [-0.4, -0.2) is 11.2 Å². The van der Waals surface area contributed by atoms with E-state index in [1.54, 1.807) is 0 Å². The molecule has 0 radical (unpaired) electrons. The molecule has 0 saturated carbocycles. The average molecular weight is 206 g/mol. The van der Waals surface area contributed by atoms with Crippen LogP contribution < -0.4 is 10.9 Å². The van der Waals surface area contributed by atoms with Crippen molar-refractivity contribution in [3.8, 4) is 0 Å². The Bertz CT molecular complexity index is 347. The minimum absolute atomic E-state index is 0.678. The SMILES string of the molecule is CC=C(Cc1ccccc1)NNC(=O)O. The van der Waals surface area contributed by atoms with E-state index in [1.165, 1.54) is 0 Å². The van der Waals surface area contributed by atoms with Crippen molar-refractivity contribution in [3.05, 3.63) is 47.7 Å². The minimum atomic E-state index is -1.09. The summed E-state index contributed by atoms with van der Waals surface area (Å²) in [7, 11) is 0. The number of hydrazine groups is 1. The summed E-state index contributed by atoms with van der Waals surface area (Å²) in [6.45, 7) is 1.86. The highest BCUT2D eigenvalue weighted by molar-refractivity contribution is 5.63. The molecule has 0 aromatic heterocycles. The smallest absolute Gasteiger partial charge is 0.423 e. The first kappa shape index (κ1) is 11.1. The number of hydrogen-bond donors (Lipinski definition) is 3. The second-order valence-corrected chi connectivity index (χ2v) is 3.03. The minimum Gasteiger partial charge on any atom is -0.464 e. The lowest BCUT2D eigenvalue weighted by Crippen LogP contribution is -2.36. The van der Waals surface area contributed by atoms with Crippen molar-refractivity contribution in [2.75, 3.05) is 0 Å². The molecule has 4 heteroatoms. The van der Waals surface area contributed by atoms with Gasteiger partial charge in [0, 0.05) is 12.1 Å². The summed E-state index contributed by atoms with van der Waals surface area (Å²) < 4.78 is 0. The number of rotatable bonds is 4. The van der Waals surface area contributed by atoms with Crippen LogP contribution in [0.1, 0.15) is 12.5 Å². The maximum absolute atomic E-state index is 10.3. The summed E-state index contributed by atoms with van der Waals surface area (Å²) in [6, 6.07) is 9.83. The molecule has 0 heterocycles. The Labute approximate surface area is 88.6 Å². The first-order chi connectivity index (χ1) is 7.22. The number of allylic oxidation sites excluding steroid dienone is 2. The van der Waals surface area contributed by atoms with Crippen LogP contribution in [0.5, 0.6) is 0 Å². The first-order valence-corrected chi connectivity index (χ1v) is 4.66. The maximum atomic E-state index is 10.3. The van der Waals surface area contributed by atoms with E-state index in [0.29, 0.717) is 6.42 Å². The summed E-state index contributed by atoms with van der Waals surface area (Å²) in [6.07, 6.45) is 1.42. The van der Waals surface area contributed by atoms with Crippen LogP contribution in [0.3, 0.4) is 0 Å². The molecule has 1 aromatic rings. The highest BCUT2D eigenvalue weighted by atomic mass is 16.4. The molecule has 15 heavy (non-hydrogen) atoms. The van der Waals surface area contributed by atoms with Crippen LogP contribution in [0, 0.1) is 0 Å². The van der Waals surface area contributed by atoms with Crippen LogP contribution >= 0.6 is 0 Å². The normalized spacial score (nSPS) is 10.9. The second kappa shape index (κ2) is 5.70. The Morgan fingerprint density at radius 1 is 1.33 bits per heavy atom. The van der Waals surface area contributed by atoms with Crippen LogP contribution in [0.25, 0.3) is 0 Å². The molecular weight excluding hydrogens is 192 g/mol. The molecule has 4 nitrogen and oxygen atoms in total. The monoisotopic (exact) mass is 206 g/mol. The summed E-state index contributed by atoms with van der Waals surface area (Å²) in [5.74, 6) is 0. The number of hydrogen-bond acceptors (Lipinski definition) is 2. The summed E-state index contributed by atoms with van der Waals surface area (Å²) in [5.41, 5.74) is 6.70. The third-order valence-electron chi connectivity index (χ3n) is 1.92. The number of benzene rings is 1. The van der Waals surface area contributed by atoms with E-state index >= 15 is 0 Å². The maximum Gasteiger partial charge on any atom is 0.423 e. The largest absolute Gasteiger partial charge is 0.464 e. The van der Waals surface area contributed by atoms with Crippen molar-refractivity contribution in [1.29, 1.82) is 0 Å². The lowest BCUT2D eigenvalue weighted by Gasteiger charge is -2.09. The summed E-state index contributed by atoms with van der Waals surface area (Å²) in [5, 5.41) is 8.42. The average Bonchev–Trinajstić information content (AvgIpc) is 2.25. The quantitative estimate of drug-likeness (QED) is 0.659. The molecule has 80 valence electrons. The van der Waals surface area contributed by atoms with Crippen molar-refractivity contribution >= 4 is 6.09 Å². The van der Waals surface area contributed by atoms with E-state index in [0.717, 1.165) is 11.3 Å². The Balaban J connectivity index is 2.52. The van der Waals surface area contributed by atoms with Gasteiger partial charge in [-0.3, -0.25) is 5.43 Å². The fraction of sp³-hybridized carbons (Fsp3) is 0.182. The Morgan fingerprint density at radius 3 is 2.53 bits per heavy atom. The molecule has 0 aliphatic rings. The van der Waals surface area contributed by atoms with Crippen molar-refractivity contribution < 1.29 is 9.90 Å². The second-order valence-electron chi connectivity index (χ2n) is 3.03. The molecule has 0 atom stereocenters. The highest BCUT2D eigenvalue weighted by Crippen LogP contribution is 2.04. The lowest BCUT2D eigenvalue weighted by molar-refractivity contribution is 0.190. The van der Waals surface area contributed by atoms with Gasteiger partial charge in [-0.2, -0.15) is 0 Å². The molecule has 0 aliphatic carbocycles. The highest BCUT2D eigenvalue weighted by Gasteiger charge is 1.99. The molecule has 0 fully saturated rings. The molecule has 0 aliphatic heterocycles. The third-order valence-corrected chi connectivity index (χ3v) is 1.92. The third kappa shape index (κ3) is 4.17. The number of carbonyl (C=O) groups is 1. The van der Waals surface area contributed by atoms with Gasteiger partial charge in [0.25, 0.3) is 0 Å². The Morgan fingerprint density at radius 2 is 2.00 bits per heavy atom. The predicted molar refractivity (Wildman–Crippen MR) is 58.2 cm³/mol. The zero-order chi connectivity index (χ0) is 11.1. The van der Waals surface area contributed by atoms with E-state index in [4.69, 9.17) is 5.11 Å². The van der Waals surface area contributed by atoms with Crippen LogP contribution in [0.2, 0.25) is 0 Å². The van der Waals surface area contributed by atoms with E-state index in [9.17, 15) is 4.79 Å². The van der Waals surface area contributed by atoms with E-state index < -0.39 is 6.09 Å². The number of amides is 1. The molecule has 0 spiro atoms. The number of nitrogens with one attached hydrogen (secondary N) is 2. The lowest BCUT2D eigenvalue weighted by atomic mass is 10.1. The Hall–Kier alpha value is -1.97. The van der Waals surface area contributed by atoms with Crippen LogP contribution in [0.4, 0.5) is 4.79 Å². The van der Waals surface area contributed by atoms with Crippen molar-refractivity contribution in [1.82, 2.24) is 10.9 Å². The topological polar surface area (TPSA) is 61.4 Å². The van der Waals surface area contributed by atoms with E-state index in [-0.39, 0.29) is 0 Å². The fourth-order valence-electron chi connectivity index (χ4n) is 1.17. The van der Waals surface area contributed by atoms with E-state index in [2.05, 4.69) is 10.9 Å². The fourth-order valence-corrected chi connectivity index (χ4v) is 1.17. The number of carboxylic acid groups (broad SMARTS) is 1.